The van der Waals surface area contributed by atoms with Crippen molar-refractivity contribution in [3.63, 3.8) is 0 Å². The van der Waals surface area contributed by atoms with Crippen LogP contribution in [-0.4, -0.2) is 82.3 Å². The quantitative estimate of drug-likeness (QED) is 0.0195. The van der Waals surface area contributed by atoms with Crippen LogP contribution in [0.5, 0.6) is 0 Å². The first-order valence-electron chi connectivity index (χ1n) is 41.2. The molecule has 0 saturated carbocycles. The first-order chi connectivity index (χ1) is 48.1. The Balaban J connectivity index is 4.07. The van der Waals surface area contributed by atoms with Crippen molar-refractivity contribution in [1.82, 2.24) is 0 Å². The number of likely N-dealkylation sites (N-methyl/N-ethyl adjacent to an activating group) is 1. The molecule has 0 heterocycles. The predicted molar refractivity (Wildman–Crippen MR) is 421 cm³/mol. The lowest BCUT2D eigenvalue weighted by molar-refractivity contribution is -0.870. The lowest BCUT2D eigenvalue weighted by Crippen LogP contribution is -2.44. The number of ether oxygens (including phenoxy) is 4. The van der Waals surface area contributed by atoms with Gasteiger partial charge in [-0.2, -0.15) is 0 Å². The molecule has 0 saturated heterocycles. The molecule has 564 valence electrons. The summed E-state index contributed by atoms with van der Waals surface area (Å²) < 4.78 is 22.8. The molecule has 0 spiro atoms. The molecule has 0 aromatic rings. The topological polar surface area (TPSA) is 111 Å². The largest absolute Gasteiger partial charge is 0.545 e. The molecule has 0 rings (SSSR count). The molecule has 9 nitrogen and oxygen atoms in total. The SMILES string of the molecule is CC/C=C\C/C=C\C/C=C\C/C=C\C/C=C\C/C=C\C/C=C\C/C=C\C/C=C\C/C=C\CCCCCCCCC(=O)OC(COC(=O)CCCCCCCCCCCCCCCCCCCCCCCCCCCCCCCCCCCCCC)COC(OCC[N+](C)(C)C)C(=O)[O-]. The van der Waals surface area contributed by atoms with Crippen LogP contribution in [0.4, 0.5) is 0 Å². The Bertz CT molecular complexity index is 2030. The zero-order chi connectivity index (χ0) is 71.1. The first kappa shape index (κ1) is 93.7. The van der Waals surface area contributed by atoms with Gasteiger partial charge in [-0.15, -0.1) is 0 Å². The van der Waals surface area contributed by atoms with Gasteiger partial charge in [-0.25, -0.2) is 0 Å². The van der Waals surface area contributed by atoms with Crippen molar-refractivity contribution in [2.24, 2.45) is 0 Å². The third-order valence-electron chi connectivity index (χ3n) is 18.0. The van der Waals surface area contributed by atoms with Gasteiger partial charge >= 0.3 is 11.9 Å². The van der Waals surface area contributed by atoms with Crippen LogP contribution < -0.4 is 5.11 Å². The van der Waals surface area contributed by atoms with Gasteiger partial charge in [0.25, 0.3) is 0 Å². The van der Waals surface area contributed by atoms with Gasteiger partial charge in [-0.3, -0.25) is 9.59 Å². The highest BCUT2D eigenvalue weighted by Gasteiger charge is 2.22. The summed E-state index contributed by atoms with van der Waals surface area (Å²) >= 11 is 0. The molecule has 0 bridgehead atoms. The summed E-state index contributed by atoms with van der Waals surface area (Å²) in [4.78, 5) is 37.6. The van der Waals surface area contributed by atoms with Gasteiger partial charge in [0, 0.05) is 12.8 Å². The summed E-state index contributed by atoms with van der Waals surface area (Å²) in [5.41, 5.74) is 0. The monoisotopic (exact) mass is 1370 g/mol. The van der Waals surface area contributed by atoms with Crippen molar-refractivity contribution in [2.45, 2.75) is 379 Å². The third kappa shape index (κ3) is 79.0. The molecule has 0 aromatic carbocycles. The molecule has 0 aliphatic rings. The number of hydrogen-bond donors (Lipinski definition) is 0. The number of carbonyl (C=O) groups is 3. The fourth-order valence-corrected chi connectivity index (χ4v) is 11.7. The molecule has 0 radical (unpaired) electrons. The van der Waals surface area contributed by atoms with Crippen molar-refractivity contribution < 1.29 is 42.9 Å². The summed E-state index contributed by atoms with van der Waals surface area (Å²) in [6, 6.07) is 0. The Labute approximate surface area is 606 Å². The minimum atomic E-state index is -1.63. The summed E-state index contributed by atoms with van der Waals surface area (Å²) in [6.45, 7) is 4.66. The van der Waals surface area contributed by atoms with Crippen LogP contribution in [0.2, 0.25) is 0 Å². The molecule has 0 aromatic heterocycles. The van der Waals surface area contributed by atoms with Crippen LogP contribution in [0.15, 0.2) is 122 Å². The Morgan fingerprint density at radius 2 is 0.582 bits per heavy atom. The molecular formula is C89H155NO8. The number of carboxylic acid groups (broad SMARTS) is 1. The van der Waals surface area contributed by atoms with Crippen molar-refractivity contribution in [2.75, 3.05) is 47.5 Å². The molecule has 0 aliphatic carbocycles. The smallest absolute Gasteiger partial charge is 0.306 e. The average molecular weight is 1370 g/mol. The number of allylic oxidation sites excluding steroid dienone is 20. The van der Waals surface area contributed by atoms with E-state index >= 15 is 0 Å². The second-order valence-electron chi connectivity index (χ2n) is 28.7. The number of rotatable bonds is 76. The van der Waals surface area contributed by atoms with Gasteiger partial charge in [0.2, 0.25) is 0 Å². The van der Waals surface area contributed by atoms with E-state index in [0.717, 1.165) is 122 Å². The van der Waals surface area contributed by atoms with E-state index in [2.05, 4.69) is 135 Å². The van der Waals surface area contributed by atoms with Gasteiger partial charge in [0.15, 0.2) is 12.4 Å². The van der Waals surface area contributed by atoms with Crippen molar-refractivity contribution in [3.05, 3.63) is 122 Å². The summed E-state index contributed by atoms with van der Waals surface area (Å²) in [7, 11) is 5.93. The van der Waals surface area contributed by atoms with E-state index in [4.69, 9.17) is 18.9 Å². The molecule has 98 heavy (non-hydrogen) atoms. The van der Waals surface area contributed by atoms with E-state index in [0.29, 0.717) is 17.4 Å². The number of carboxylic acids is 1. The fraction of sp³-hybridized carbons (Fsp3) is 0.742. The van der Waals surface area contributed by atoms with E-state index in [1.165, 1.54) is 212 Å². The maximum Gasteiger partial charge on any atom is 0.306 e. The predicted octanol–water partition coefficient (Wildman–Crippen LogP) is 25.3. The van der Waals surface area contributed by atoms with Crippen LogP contribution in [0.3, 0.4) is 0 Å². The molecule has 2 unspecified atom stereocenters. The van der Waals surface area contributed by atoms with E-state index in [1.807, 2.05) is 21.1 Å². The molecule has 0 aliphatic heterocycles. The Morgan fingerprint density at radius 3 is 0.867 bits per heavy atom. The minimum absolute atomic E-state index is 0.140. The highest BCUT2D eigenvalue weighted by Crippen LogP contribution is 2.19. The highest BCUT2D eigenvalue weighted by molar-refractivity contribution is 5.70. The second kappa shape index (κ2) is 78.4. The molecule has 0 fully saturated rings. The number of carbonyl (C=O) groups excluding carboxylic acids is 3. The lowest BCUT2D eigenvalue weighted by atomic mass is 10.0. The molecule has 0 N–H and O–H groups in total. The first-order valence-corrected chi connectivity index (χ1v) is 41.2. The lowest BCUT2D eigenvalue weighted by Gasteiger charge is -2.26. The van der Waals surface area contributed by atoms with Gasteiger partial charge in [0.05, 0.1) is 40.3 Å². The van der Waals surface area contributed by atoms with E-state index in [1.54, 1.807) is 0 Å². The zero-order valence-electron chi connectivity index (χ0n) is 64.6. The number of quaternary nitrogens is 1. The van der Waals surface area contributed by atoms with Crippen molar-refractivity contribution in [3.8, 4) is 0 Å². The summed E-state index contributed by atoms with van der Waals surface area (Å²) in [5, 5.41) is 11.9. The number of aliphatic carboxylic acids is 1. The van der Waals surface area contributed by atoms with Gasteiger partial charge in [-0.1, -0.05) is 386 Å². The summed E-state index contributed by atoms with van der Waals surface area (Å²) in [5.74, 6) is -2.29. The number of esters is 2. The maximum atomic E-state index is 13.0. The zero-order valence-corrected chi connectivity index (χ0v) is 64.6. The Hall–Kier alpha value is -4.31. The van der Waals surface area contributed by atoms with Crippen LogP contribution in [0.1, 0.15) is 367 Å². The number of nitrogens with zero attached hydrogens (tertiary/aromatic N) is 1. The second-order valence-corrected chi connectivity index (χ2v) is 28.7. The highest BCUT2D eigenvalue weighted by atomic mass is 16.7. The number of unbranched alkanes of at least 4 members (excludes halogenated alkanes) is 41. The minimum Gasteiger partial charge on any atom is -0.545 e. The molecular weight excluding hydrogens is 1210 g/mol. The number of hydrogen-bond acceptors (Lipinski definition) is 8. The maximum absolute atomic E-state index is 13.0. The van der Waals surface area contributed by atoms with Gasteiger partial charge in [0.1, 0.15) is 13.2 Å². The van der Waals surface area contributed by atoms with Crippen LogP contribution >= 0.6 is 0 Å². The standard InChI is InChI=1S/C89H155NO8/c1-6-8-10-12-14-16-18-20-22-24-26-28-30-32-34-36-38-40-42-44-46-48-50-52-54-56-58-60-62-64-66-68-70-72-74-76-78-80-87(92)98-85(84-97-89(88(93)94)95-82-81-90(3,4)5)83-96-86(91)79-77-75-73-71-69-67-65-63-61-59-57-55-53-51-49-47-45-43-41-39-37-35-33-31-29-27-25-23-21-19-17-15-13-11-9-7-2/h8,10,14,16,20,22,26,28,32,34,38,40,44,46,50,52,56,58,62,64,85,89H,6-7,9,11-13,15,17-19,21,23-25,27,29-31,33,35-37,39,41-43,45,47-49,51,53-55,57,59-61,63,65-84H2,1-5H3/b10-8-,16-14-,22-20-,28-26-,34-32-,40-38-,46-44-,52-50-,58-56-,64-62-. The summed E-state index contributed by atoms with van der Waals surface area (Å²) in [6.07, 6.45) is 109. The molecule has 0 amide bonds. The van der Waals surface area contributed by atoms with Gasteiger partial charge < -0.3 is 33.3 Å². The van der Waals surface area contributed by atoms with Crippen LogP contribution in [0.25, 0.3) is 0 Å². The molecule has 9 heteroatoms. The Morgan fingerprint density at radius 1 is 0.316 bits per heavy atom. The average Bonchev–Trinajstić information content (AvgIpc) is 1.26. The normalized spacial score (nSPS) is 13.3. The Kier molecular flexibility index (Phi) is 75.0. The van der Waals surface area contributed by atoms with E-state index in [9.17, 15) is 19.5 Å². The van der Waals surface area contributed by atoms with E-state index < -0.39 is 24.3 Å². The van der Waals surface area contributed by atoms with E-state index in [-0.39, 0.29) is 38.6 Å². The fourth-order valence-electron chi connectivity index (χ4n) is 11.7. The van der Waals surface area contributed by atoms with Crippen molar-refractivity contribution in [1.29, 1.82) is 0 Å². The van der Waals surface area contributed by atoms with Gasteiger partial charge in [-0.05, 0) is 89.9 Å². The molecule has 2 atom stereocenters. The van der Waals surface area contributed by atoms with Crippen LogP contribution in [-0.2, 0) is 33.3 Å². The van der Waals surface area contributed by atoms with Crippen LogP contribution in [0, 0.1) is 0 Å². The van der Waals surface area contributed by atoms with Crippen molar-refractivity contribution >= 4 is 17.9 Å². The third-order valence-corrected chi connectivity index (χ3v) is 18.0.